The van der Waals surface area contributed by atoms with Crippen molar-refractivity contribution in [2.75, 3.05) is 5.32 Å². The molecule has 0 fully saturated rings. The normalized spacial score (nSPS) is 9.52. The van der Waals surface area contributed by atoms with Crippen LogP contribution in [0, 0.1) is 5.82 Å². The molecule has 0 unspecified atom stereocenters. The van der Waals surface area contributed by atoms with Crippen molar-refractivity contribution in [3.05, 3.63) is 76.9 Å². The van der Waals surface area contributed by atoms with Crippen LogP contribution < -0.4 is 15.6 Å². The zero-order chi connectivity index (χ0) is 19.6. The molecule has 3 aromatic rings. The molecule has 0 saturated carbocycles. The van der Waals surface area contributed by atoms with Gasteiger partial charge < -0.3 is 20.1 Å². The lowest BCUT2D eigenvalue weighted by Gasteiger charge is -2.10. The number of pyridine rings is 1. The zero-order valence-corrected chi connectivity index (χ0v) is 13.6. The van der Waals surface area contributed by atoms with Crippen molar-refractivity contribution in [3.63, 3.8) is 0 Å². The first-order valence-corrected chi connectivity index (χ1v) is 7.35. The van der Waals surface area contributed by atoms with Crippen LogP contribution in [0.3, 0.4) is 0 Å². The van der Waals surface area contributed by atoms with E-state index in [1.807, 2.05) is 0 Å². The topological polar surface area (TPSA) is 134 Å². The fraction of sp³-hybridized carbons (Fsp3) is 0. The highest BCUT2D eigenvalue weighted by Gasteiger charge is 2.12. The van der Waals surface area contributed by atoms with Crippen LogP contribution >= 0.6 is 0 Å². The largest absolute Gasteiger partial charge is 0.483 e. The number of aromatic nitrogens is 3. The maximum Gasteiger partial charge on any atom is 0.290 e. The molecule has 1 amide bonds. The minimum atomic E-state index is -0.572. The Morgan fingerprint density at radius 1 is 1.22 bits per heavy atom. The third kappa shape index (κ3) is 5.74. The first kappa shape index (κ1) is 19.2. The molecule has 0 aliphatic heterocycles. The van der Waals surface area contributed by atoms with Crippen LogP contribution in [0.2, 0.25) is 0 Å². The van der Waals surface area contributed by atoms with Gasteiger partial charge in [0.05, 0.1) is 12.4 Å². The van der Waals surface area contributed by atoms with Crippen molar-refractivity contribution < 1.29 is 23.8 Å². The number of hydrogen-bond acceptors (Lipinski definition) is 6. The van der Waals surface area contributed by atoms with Crippen molar-refractivity contribution in [2.45, 2.75) is 0 Å². The van der Waals surface area contributed by atoms with Crippen molar-refractivity contribution in [1.29, 1.82) is 0 Å². The third-order valence-corrected chi connectivity index (χ3v) is 2.95. The van der Waals surface area contributed by atoms with Crippen LogP contribution in [0.4, 0.5) is 10.1 Å². The Hall–Kier alpha value is -4.08. The first-order valence-electron chi connectivity index (χ1n) is 7.35. The van der Waals surface area contributed by atoms with Gasteiger partial charge in [0, 0.05) is 6.20 Å². The van der Waals surface area contributed by atoms with Gasteiger partial charge in [-0.15, -0.1) is 0 Å². The van der Waals surface area contributed by atoms with Crippen LogP contribution in [0.5, 0.6) is 11.6 Å². The molecule has 0 bridgehead atoms. The highest BCUT2D eigenvalue weighted by Crippen LogP contribution is 2.27. The Bertz CT molecular complexity index is 975. The average Bonchev–Trinajstić information content (AvgIpc) is 2.66. The predicted octanol–water partition coefficient (Wildman–Crippen LogP) is 2.05. The average molecular weight is 372 g/mol. The number of H-pyrrole nitrogens is 1. The molecule has 0 aliphatic rings. The van der Waals surface area contributed by atoms with Crippen LogP contribution in [-0.4, -0.2) is 32.4 Å². The summed E-state index contributed by atoms with van der Waals surface area (Å²) in [5.41, 5.74) is -0.202. The van der Waals surface area contributed by atoms with E-state index in [4.69, 9.17) is 14.6 Å². The number of rotatable bonds is 4. The second-order valence-electron chi connectivity index (χ2n) is 4.78. The Morgan fingerprint density at radius 3 is 2.59 bits per heavy atom. The molecular formula is C17H13FN4O5. The van der Waals surface area contributed by atoms with Crippen molar-refractivity contribution in [1.82, 2.24) is 15.0 Å². The number of anilines is 1. The third-order valence-electron chi connectivity index (χ3n) is 2.95. The number of carbonyl (C=O) groups is 2. The fourth-order valence-electron chi connectivity index (χ4n) is 1.86. The maximum atomic E-state index is 12.9. The summed E-state index contributed by atoms with van der Waals surface area (Å²) in [6, 6.07) is 8.56. The van der Waals surface area contributed by atoms with Crippen LogP contribution in [-0.2, 0) is 4.79 Å². The van der Waals surface area contributed by atoms with Crippen molar-refractivity contribution >= 4 is 18.1 Å². The van der Waals surface area contributed by atoms with E-state index >= 15 is 0 Å². The van der Waals surface area contributed by atoms with Gasteiger partial charge in [0.1, 0.15) is 22.9 Å². The summed E-state index contributed by atoms with van der Waals surface area (Å²) in [6.45, 7) is -0.250. The molecule has 1 aromatic carbocycles. The summed E-state index contributed by atoms with van der Waals surface area (Å²) >= 11 is 0. The SMILES string of the molecule is O=C(Nc1cccnc1Oc1ccc(F)cc1)c1cncc(=O)[nH]1.O=CO. The lowest BCUT2D eigenvalue weighted by Crippen LogP contribution is -2.19. The predicted molar refractivity (Wildman–Crippen MR) is 92.2 cm³/mol. The molecule has 138 valence electrons. The van der Waals surface area contributed by atoms with E-state index in [1.54, 1.807) is 12.1 Å². The Morgan fingerprint density at radius 2 is 1.93 bits per heavy atom. The molecule has 3 N–H and O–H groups in total. The molecule has 0 spiro atoms. The van der Waals surface area contributed by atoms with Gasteiger partial charge in [0.15, 0.2) is 0 Å². The molecule has 0 atom stereocenters. The highest BCUT2D eigenvalue weighted by atomic mass is 19.1. The Balaban J connectivity index is 0.000000817. The molecule has 9 nitrogen and oxygen atoms in total. The first-order chi connectivity index (χ1) is 13.0. The molecule has 27 heavy (non-hydrogen) atoms. The summed E-state index contributed by atoms with van der Waals surface area (Å²) in [5, 5.41) is 9.46. The Kier molecular flexibility index (Phi) is 6.71. The van der Waals surface area contributed by atoms with Gasteiger partial charge in [-0.2, -0.15) is 0 Å². The highest BCUT2D eigenvalue weighted by molar-refractivity contribution is 6.03. The van der Waals surface area contributed by atoms with E-state index in [9.17, 15) is 14.0 Å². The van der Waals surface area contributed by atoms with Gasteiger partial charge in [0.25, 0.3) is 17.9 Å². The standard InChI is InChI=1S/C16H11FN4O3.CH2O2/c17-10-3-5-11(6-4-10)24-16-12(2-1-7-19-16)21-15(23)13-8-18-9-14(22)20-13;2-1-3/h1-9H,(H,20,22)(H,21,23);1H,(H,2,3). The van der Waals surface area contributed by atoms with Crippen LogP contribution in [0.25, 0.3) is 0 Å². The van der Waals surface area contributed by atoms with E-state index in [0.29, 0.717) is 5.75 Å². The molecule has 0 aliphatic carbocycles. The molecule has 2 heterocycles. The molecule has 0 radical (unpaired) electrons. The molecule has 10 heteroatoms. The number of carboxylic acid groups (broad SMARTS) is 1. The quantitative estimate of drug-likeness (QED) is 0.597. The van der Waals surface area contributed by atoms with Gasteiger partial charge in [-0.05, 0) is 36.4 Å². The summed E-state index contributed by atoms with van der Waals surface area (Å²) < 4.78 is 18.5. The number of hydrogen-bond donors (Lipinski definition) is 3. The number of amides is 1. The molecule has 0 saturated heterocycles. The number of aromatic amines is 1. The Labute approximate surface area is 151 Å². The van der Waals surface area contributed by atoms with Crippen LogP contribution in [0.15, 0.2) is 59.8 Å². The van der Waals surface area contributed by atoms with Gasteiger partial charge in [-0.1, -0.05) is 0 Å². The molecule has 3 rings (SSSR count). The zero-order valence-electron chi connectivity index (χ0n) is 13.6. The summed E-state index contributed by atoms with van der Waals surface area (Å²) in [4.78, 5) is 41.8. The number of carbonyl (C=O) groups excluding carboxylic acids is 1. The minimum Gasteiger partial charge on any atom is -0.483 e. The van der Waals surface area contributed by atoms with Crippen molar-refractivity contribution in [3.8, 4) is 11.6 Å². The number of nitrogens with zero attached hydrogens (tertiary/aromatic N) is 2. The number of nitrogens with one attached hydrogen (secondary N) is 2. The lowest BCUT2D eigenvalue weighted by molar-refractivity contribution is -0.122. The minimum absolute atomic E-state index is 0.000847. The van der Waals surface area contributed by atoms with Gasteiger partial charge >= 0.3 is 0 Å². The van der Waals surface area contributed by atoms with Gasteiger partial charge in [0.2, 0.25) is 5.88 Å². The number of benzene rings is 1. The van der Waals surface area contributed by atoms with Crippen LogP contribution in [0.1, 0.15) is 10.5 Å². The van der Waals surface area contributed by atoms with E-state index in [-0.39, 0.29) is 23.7 Å². The summed E-state index contributed by atoms with van der Waals surface area (Å²) in [7, 11) is 0. The second kappa shape index (κ2) is 9.42. The van der Waals surface area contributed by atoms with E-state index in [2.05, 4.69) is 20.3 Å². The van der Waals surface area contributed by atoms with Gasteiger partial charge in [-0.3, -0.25) is 19.4 Å². The fourth-order valence-corrected chi connectivity index (χ4v) is 1.86. The van der Waals surface area contributed by atoms with Crippen molar-refractivity contribution in [2.24, 2.45) is 0 Å². The molecular weight excluding hydrogens is 359 g/mol. The summed E-state index contributed by atoms with van der Waals surface area (Å²) in [6.07, 6.45) is 3.78. The molecule has 2 aromatic heterocycles. The maximum absolute atomic E-state index is 12.9. The number of halogens is 1. The smallest absolute Gasteiger partial charge is 0.290 e. The van der Waals surface area contributed by atoms with Gasteiger partial charge in [-0.25, -0.2) is 9.37 Å². The monoisotopic (exact) mass is 372 g/mol. The van der Waals surface area contributed by atoms with E-state index in [0.717, 1.165) is 6.20 Å². The number of ether oxygens (including phenoxy) is 1. The van der Waals surface area contributed by atoms with E-state index in [1.165, 1.54) is 36.7 Å². The summed E-state index contributed by atoms with van der Waals surface area (Å²) in [5.74, 6) is -0.473. The second-order valence-corrected chi connectivity index (χ2v) is 4.78. The van der Waals surface area contributed by atoms with E-state index < -0.39 is 17.3 Å². The lowest BCUT2D eigenvalue weighted by atomic mass is 10.3.